The zero-order chi connectivity index (χ0) is 20.2. The van der Waals surface area contributed by atoms with Gasteiger partial charge in [-0.1, -0.05) is 6.07 Å². The number of hydrogen-bond acceptors (Lipinski definition) is 6. The van der Waals surface area contributed by atoms with Crippen LogP contribution in [0.25, 0.3) is 0 Å². The standard InChI is InChI=1S/C18H26N2O6S/c1-13(17(21)19-10-8-14(9-11-19)18(22)26-3)20(27(4,23)24)15-6-5-7-16(12-15)25-2/h5-7,12-14H,8-11H2,1-4H3/t13-/m1/s1. The van der Waals surface area contributed by atoms with E-state index in [1.54, 1.807) is 36.1 Å². The predicted molar refractivity (Wildman–Crippen MR) is 101 cm³/mol. The molecule has 1 aromatic carbocycles. The van der Waals surface area contributed by atoms with E-state index in [-0.39, 0.29) is 17.8 Å². The number of carbonyl (C=O) groups is 2. The number of likely N-dealkylation sites (tertiary alicyclic amines) is 1. The Kier molecular flexibility index (Phi) is 6.69. The summed E-state index contributed by atoms with van der Waals surface area (Å²) in [5.74, 6) is -0.297. The minimum atomic E-state index is -3.70. The highest BCUT2D eigenvalue weighted by molar-refractivity contribution is 7.92. The van der Waals surface area contributed by atoms with Gasteiger partial charge in [0, 0.05) is 19.2 Å². The molecule has 1 atom stereocenters. The molecule has 150 valence electrons. The summed E-state index contributed by atoms with van der Waals surface area (Å²) in [5, 5.41) is 0. The summed E-state index contributed by atoms with van der Waals surface area (Å²) in [6, 6.07) is 5.66. The Balaban J connectivity index is 2.20. The van der Waals surface area contributed by atoms with Gasteiger partial charge < -0.3 is 14.4 Å². The number of esters is 1. The lowest BCUT2D eigenvalue weighted by Gasteiger charge is -2.36. The summed E-state index contributed by atoms with van der Waals surface area (Å²) in [6.07, 6.45) is 2.08. The van der Waals surface area contributed by atoms with Gasteiger partial charge in [0.25, 0.3) is 0 Å². The largest absolute Gasteiger partial charge is 0.497 e. The van der Waals surface area contributed by atoms with Crippen LogP contribution in [0.4, 0.5) is 5.69 Å². The van der Waals surface area contributed by atoms with E-state index in [1.165, 1.54) is 14.2 Å². The van der Waals surface area contributed by atoms with Gasteiger partial charge in [0.1, 0.15) is 11.8 Å². The van der Waals surface area contributed by atoms with Crippen LogP contribution in [-0.2, 0) is 24.3 Å². The van der Waals surface area contributed by atoms with Crippen LogP contribution in [0.1, 0.15) is 19.8 Å². The Morgan fingerprint density at radius 2 is 1.85 bits per heavy atom. The number of ether oxygens (including phenoxy) is 2. The van der Waals surface area contributed by atoms with Gasteiger partial charge in [0.05, 0.1) is 32.1 Å². The Bertz CT molecular complexity index is 787. The summed E-state index contributed by atoms with van der Waals surface area (Å²) in [7, 11) is -0.861. The molecule has 2 rings (SSSR count). The number of anilines is 1. The fourth-order valence-electron chi connectivity index (χ4n) is 3.32. The van der Waals surface area contributed by atoms with Crippen molar-refractivity contribution in [3.63, 3.8) is 0 Å². The molecule has 1 aliphatic rings. The Labute approximate surface area is 160 Å². The molecule has 1 aliphatic heterocycles. The molecule has 0 aliphatic carbocycles. The predicted octanol–water partition coefficient (Wildman–Crippen LogP) is 1.26. The maximum absolute atomic E-state index is 12.9. The van der Waals surface area contributed by atoms with E-state index in [0.29, 0.717) is 37.4 Å². The van der Waals surface area contributed by atoms with Crippen LogP contribution in [0.15, 0.2) is 24.3 Å². The van der Waals surface area contributed by atoms with Crippen LogP contribution < -0.4 is 9.04 Å². The Morgan fingerprint density at radius 3 is 2.37 bits per heavy atom. The van der Waals surface area contributed by atoms with Crippen molar-refractivity contribution < 1.29 is 27.5 Å². The highest BCUT2D eigenvalue weighted by Crippen LogP contribution is 2.27. The molecule has 0 radical (unpaired) electrons. The normalized spacial score (nSPS) is 16.5. The molecule has 0 bridgehead atoms. The van der Waals surface area contributed by atoms with Crippen LogP contribution in [0.3, 0.4) is 0 Å². The third-order valence-electron chi connectivity index (χ3n) is 4.72. The van der Waals surface area contributed by atoms with Crippen molar-refractivity contribution in [3.8, 4) is 5.75 Å². The van der Waals surface area contributed by atoms with Crippen LogP contribution in [-0.4, -0.2) is 64.8 Å². The molecule has 0 N–H and O–H groups in total. The lowest BCUT2D eigenvalue weighted by molar-refractivity contribution is -0.149. The summed E-state index contributed by atoms with van der Waals surface area (Å²) >= 11 is 0. The van der Waals surface area contributed by atoms with Crippen LogP contribution in [0.2, 0.25) is 0 Å². The maximum atomic E-state index is 12.9. The molecule has 1 fully saturated rings. The monoisotopic (exact) mass is 398 g/mol. The highest BCUT2D eigenvalue weighted by Gasteiger charge is 2.35. The van der Waals surface area contributed by atoms with Gasteiger partial charge in [-0.05, 0) is 31.9 Å². The minimum absolute atomic E-state index is 0.223. The van der Waals surface area contributed by atoms with E-state index >= 15 is 0 Å². The summed E-state index contributed by atoms with van der Waals surface area (Å²) in [6.45, 7) is 2.34. The smallest absolute Gasteiger partial charge is 0.308 e. The van der Waals surface area contributed by atoms with Crippen molar-refractivity contribution in [1.29, 1.82) is 0 Å². The van der Waals surface area contributed by atoms with Crippen LogP contribution in [0.5, 0.6) is 5.75 Å². The molecular formula is C18H26N2O6S. The fraction of sp³-hybridized carbons (Fsp3) is 0.556. The van der Waals surface area contributed by atoms with E-state index in [2.05, 4.69) is 0 Å². The van der Waals surface area contributed by atoms with Crippen molar-refractivity contribution in [1.82, 2.24) is 4.90 Å². The van der Waals surface area contributed by atoms with E-state index < -0.39 is 16.1 Å². The maximum Gasteiger partial charge on any atom is 0.308 e. The minimum Gasteiger partial charge on any atom is -0.497 e. The molecular weight excluding hydrogens is 372 g/mol. The summed E-state index contributed by atoms with van der Waals surface area (Å²) in [4.78, 5) is 26.2. The van der Waals surface area contributed by atoms with E-state index in [1.807, 2.05) is 0 Å². The quantitative estimate of drug-likeness (QED) is 0.670. The topological polar surface area (TPSA) is 93.2 Å². The number of rotatable bonds is 6. The third-order valence-corrected chi connectivity index (χ3v) is 5.96. The molecule has 1 aromatic rings. The fourth-order valence-corrected chi connectivity index (χ4v) is 4.48. The Morgan fingerprint density at radius 1 is 1.22 bits per heavy atom. The number of methoxy groups -OCH3 is 2. The van der Waals surface area contributed by atoms with E-state index in [9.17, 15) is 18.0 Å². The number of amides is 1. The zero-order valence-electron chi connectivity index (χ0n) is 16.0. The molecule has 1 amide bonds. The molecule has 1 saturated heterocycles. The molecule has 0 aromatic heterocycles. The second-order valence-electron chi connectivity index (χ2n) is 6.56. The first kappa shape index (κ1) is 21.0. The first-order valence-corrected chi connectivity index (χ1v) is 10.5. The molecule has 8 nitrogen and oxygen atoms in total. The lowest BCUT2D eigenvalue weighted by Crippen LogP contribution is -2.51. The van der Waals surface area contributed by atoms with E-state index in [4.69, 9.17) is 9.47 Å². The van der Waals surface area contributed by atoms with Gasteiger partial charge in [0.15, 0.2) is 0 Å². The van der Waals surface area contributed by atoms with Gasteiger partial charge in [-0.25, -0.2) is 8.42 Å². The first-order valence-electron chi connectivity index (χ1n) is 8.69. The number of hydrogen-bond donors (Lipinski definition) is 0. The zero-order valence-corrected chi connectivity index (χ0v) is 16.9. The van der Waals surface area contributed by atoms with Crippen molar-refractivity contribution in [2.75, 3.05) is 37.9 Å². The van der Waals surface area contributed by atoms with E-state index in [0.717, 1.165) is 10.6 Å². The molecule has 9 heteroatoms. The second-order valence-corrected chi connectivity index (χ2v) is 8.42. The van der Waals surface area contributed by atoms with Crippen molar-refractivity contribution in [3.05, 3.63) is 24.3 Å². The second kappa shape index (κ2) is 8.60. The third kappa shape index (κ3) is 4.91. The number of carbonyl (C=O) groups excluding carboxylic acids is 2. The summed E-state index contributed by atoms with van der Waals surface area (Å²) in [5.41, 5.74) is 0.363. The van der Waals surface area contributed by atoms with Crippen molar-refractivity contribution in [2.45, 2.75) is 25.8 Å². The van der Waals surface area contributed by atoms with Crippen LogP contribution >= 0.6 is 0 Å². The van der Waals surface area contributed by atoms with Gasteiger partial charge >= 0.3 is 5.97 Å². The average molecular weight is 398 g/mol. The average Bonchev–Trinajstić information content (AvgIpc) is 2.66. The number of piperidine rings is 1. The summed E-state index contributed by atoms with van der Waals surface area (Å²) < 4.78 is 35.8. The molecule has 0 saturated carbocycles. The highest BCUT2D eigenvalue weighted by atomic mass is 32.2. The van der Waals surface area contributed by atoms with Gasteiger partial charge in [-0.2, -0.15) is 0 Å². The molecule has 1 heterocycles. The lowest BCUT2D eigenvalue weighted by atomic mass is 9.96. The van der Waals surface area contributed by atoms with Gasteiger partial charge in [-0.3, -0.25) is 13.9 Å². The number of benzene rings is 1. The number of nitrogens with zero attached hydrogens (tertiary/aromatic N) is 2. The van der Waals surface area contributed by atoms with Crippen molar-refractivity contribution >= 4 is 27.6 Å². The molecule has 27 heavy (non-hydrogen) atoms. The molecule has 0 spiro atoms. The Hall–Kier alpha value is -2.29. The van der Waals surface area contributed by atoms with Crippen LogP contribution in [0, 0.1) is 5.92 Å². The number of sulfonamides is 1. The van der Waals surface area contributed by atoms with Gasteiger partial charge in [0.2, 0.25) is 15.9 Å². The SMILES string of the molecule is COC(=O)C1CCN(C(=O)[C@@H](C)N(c2cccc(OC)c2)S(C)(=O)=O)CC1. The molecule has 0 unspecified atom stereocenters. The first-order chi connectivity index (χ1) is 12.7. The van der Waals surface area contributed by atoms with Gasteiger partial charge in [-0.15, -0.1) is 0 Å². The van der Waals surface area contributed by atoms with Crippen molar-refractivity contribution in [2.24, 2.45) is 5.92 Å².